The fourth-order valence-electron chi connectivity index (χ4n) is 4.51. The summed E-state index contributed by atoms with van der Waals surface area (Å²) in [5.74, 6) is -0.580. The van der Waals surface area contributed by atoms with Gasteiger partial charge < -0.3 is 24.8 Å². The van der Waals surface area contributed by atoms with Gasteiger partial charge in [0, 0.05) is 17.9 Å². The van der Waals surface area contributed by atoms with Crippen molar-refractivity contribution in [3.8, 4) is 5.75 Å². The Balaban J connectivity index is 2.32. The summed E-state index contributed by atoms with van der Waals surface area (Å²) < 4.78 is 12.3. The fraction of sp³-hybridized carbons (Fsp3) is 0.704. The zero-order valence-electron chi connectivity index (χ0n) is 21.3. The van der Waals surface area contributed by atoms with E-state index in [1.165, 1.54) is 6.42 Å². The van der Waals surface area contributed by atoms with Gasteiger partial charge in [-0.3, -0.25) is 9.59 Å². The molecule has 1 aliphatic rings. The number of carboxylic acid groups (broad SMARTS) is 1. The molecule has 1 aromatic carbocycles. The number of carboxylic acids is 1. The number of aliphatic carboxylic acids is 1. The van der Waals surface area contributed by atoms with Crippen LogP contribution in [0.5, 0.6) is 5.75 Å². The highest BCUT2D eigenvalue weighted by Gasteiger charge is 2.36. The second-order valence-electron chi connectivity index (χ2n) is 10.4. The molecule has 34 heavy (non-hydrogen) atoms. The van der Waals surface area contributed by atoms with Gasteiger partial charge in [-0.1, -0.05) is 37.8 Å². The van der Waals surface area contributed by atoms with Crippen LogP contribution in [-0.4, -0.2) is 46.1 Å². The summed E-state index contributed by atoms with van der Waals surface area (Å²) in [6, 6.07) is 3.99. The first-order valence-corrected chi connectivity index (χ1v) is 12.5. The van der Waals surface area contributed by atoms with Crippen molar-refractivity contribution >= 4 is 11.9 Å². The van der Waals surface area contributed by atoms with Crippen LogP contribution in [0.4, 0.5) is 0 Å². The normalized spacial score (nSPS) is 17.6. The van der Waals surface area contributed by atoms with Gasteiger partial charge in [0.1, 0.15) is 18.5 Å². The van der Waals surface area contributed by atoms with Crippen LogP contribution in [0, 0.1) is 25.2 Å². The van der Waals surface area contributed by atoms with Crippen LogP contribution in [0.25, 0.3) is 0 Å². The first kappa shape index (κ1) is 28.1. The molecule has 2 rings (SSSR count). The van der Waals surface area contributed by atoms with E-state index in [-0.39, 0.29) is 24.9 Å². The molecular formula is C27H42O7. The van der Waals surface area contributed by atoms with E-state index in [9.17, 15) is 19.8 Å². The van der Waals surface area contributed by atoms with Crippen LogP contribution < -0.4 is 4.74 Å². The van der Waals surface area contributed by atoms with Gasteiger partial charge in [0.2, 0.25) is 0 Å². The molecule has 0 spiro atoms. The molecule has 1 saturated carbocycles. The highest BCUT2D eigenvalue weighted by Crippen LogP contribution is 2.43. The van der Waals surface area contributed by atoms with E-state index in [1.54, 1.807) is 0 Å². The molecule has 0 heterocycles. The smallest absolute Gasteiger partial charge is 0.312 e. The second kappa shape index (κ2) is 12.5. The number of carbonyl (C=O) groups excluding carboxylic acids is 1. The van der Waals surface area contributed by atoms with Crippen LogP contribution in [-0.2, 0) is 14.3 Å². The van der Waals surface area contributed by atoms with Crippen molar-refractivity contribution in [2.45, 2.75) is 104 Å². The van der Waals surface area contributed by atoms with Crippen molar-refractivity contribution in [1.82, 2.24) is 0 Å². The van der Waals surface area contributed by atoms with E-state index < -0.39 is 36.1 Å². The van der Waals surface area contributed by atoms with Gasteiger partial charge in [0.05, 0.1) is 24.0 Å². The molecule has 1 unspecified atom stereocenters. The minimum atomic E-state index is -1.15. The van der Waals surface area contributed by atoms with Crippen LogP contribution in [0.3, 0.4) is 0 Å². The average Bonchev–Trinajstić information content (AvgIpc) is 2.76. The first-order valence-electron chi connectivity index (χ1n) is 12.5. The van der Waals surface area contributed by atoms with E-state index in [0.29, 0.717) is 12.2 Å². The van der Waals surface area contributed by atoms with E-state index >= 15 is 0 Å². The molecule has 0 amide bonds. The summed E-state index contributed by atoms with van der Waals surface area (Å²) in [6.07, 6.45) is 2.83. The number of ether oxygens (including phenoxy) is 2. The molecular weight excluding hydrogens is 436 g/mol. The summed E-state index contributed by atoms with van der Waals surface area (Å²) in [4.78, 5) is 23.9. The minimum Gasteiger partial charge on any atom is -0.490 e. The van der Waals surface area contributed by atoms with Gasteiger partial charge in [0.15, 0.2) is 0 Å². The maximum absolute atomic E-state index is 13.1. The largest absolute Gasteiger partial charge is 0.490 e. The summed E-state index contributed by atoms with van der Waals surface area (Å²) in [5, 5.41) is 29.0. The Labute approximate surface area is 203 Å². The highest BCUT2D eigenvalue weighted by molar-refractivity contribution is 5.76. The molecule has 192 valence electrons. The van der Waals surface area contributed by atoms with Gasteiger partial charge in [-0.2, -0.15) is 0 Å². The number of hydrogen-bond acceptors (Lipinski definition) is 6. The fourth-order valence-corrected chi connectivity index (χ4v) is 4.51. The highest BCUT2D eigenvalue weighted by atomic mass is 16.5. The van der Waals surface area contributed by atoms with Gasteiger partial charge >= 0.3 is 11.9 Å². The molecule has 0 aromatic heterocycles. The standard InChI is InChI=1S/C27H42O7/c1-6-27(4,5)26(32)34-25(19-10-8-7-9-11-19)22-13-17(2)12-18(3)24(22)33-16-21(29)14-20(28)15-23(30)31/h12-13,19-21,25,28-29H,6-11,14-16H2,1-5H3,(H,30,31)/t20-,21?,25-/m1/s1. The zero-order valence-corrected chi connectivity index (χ0v) is 21.3. The molecule has 0 aliphatic heterocycles. The quantitative estimate of drug-likeness (QED) is 0.367. The summed E-state index contributed by atoms with van der Waals surface area (Å²) in [7, 11) is 0. The number of aliphatic hydroxyl groups excluding tert-OH is 2. The van der Waals surface area contributed by atoms with Crippen molar-refractivity contribution in [3.63, 3.8) is 0 Å². The molecule has 0 saturated heterocycles. The Hall–Kier alpha value is -2.12. The van der Waals surface area contributed by atoms with Crippen LogP contribution >= 0.6 is 0 Å². The lowest BCUT2D eigenvalue weighted by Gasteiger charge is -2.34. The minimum absolute atomic E-state index is 0.0979. The zero-order chi connectivity index (χ0) is 25.5. The Morgan fingerprint density at radius 1 is 1.09 bits per heavy atom. The van der Waals surface area contributed by atoms with Crippen molar-refractivity contribution < 1.29 is 34.4 Å². The number of carbonyl (C=O) groups is 2. The monoisotopic (exact) mass is 478 g/mol. The third-order valence-corrected chi connectivity index (χ3v) is 6.88. The molecule has 1 fully saturated rings. The molecule has 3 N–H and O–H groups in total. The van der Waals surface area contributed by atoms with Gasteiger partial charge in [-0.15, -0.1) is 0 Å². The molecule has 1 aliphatic carbocycles. The second-order valence-corrected chi connectivity index (χ2v) is 10.4. The number of aliphatic hydroxyl groups is 2. The topological polar surface area (TPSA) is 113 Å². The molecule has 1 aromatic rings. The summed E-state index contributed by atoms with van der Waals surface area (Å²) in [5.41, 5.74) is 2.12. The number of benzene rings is 1. The summed E-state index contributed by atoms with van der Waals surface area (Å²) >= 11 is 0. The van der Waals surface area contributed by atoms with Crippen LogP contribution in [0.2, 0.25) is 0 Å². The Morgan fingerprint density at radius 3 is 2.32 bits per heavy atom. The van der Waals surface area contributed by atoms with Crippen molar-refractivity contribution in [2.24, 2.45) is 11.3 Å². The van der Waals surface area contributed by atoms with Crippen molar-refractivity contribution in [2.75, 3.05) is 6.61 Å². The molecule has 7 heteroatoms. The van der Waals surface area contributed by atoms with Crippen molar-refractivity contribution in [1.29, 1.82) is 0 Å². The lowest BCUT2D eigenvalue weighted by molar-refractivity contribution is -0.164. The van der Waals surface area contributed by atoms with E-state index in [2.05, 4.69) is 0 Å². The summed E-state index contributed by atoms with van der Waals surface area (Å²) in [6.45, 7) is 9.58. The number of rotatable bonds is 12. The third-order valence-electron chi connectivity index (χ3n) is 6.88. The lowest BCUT2D eigenvalue weighted by atomic mass is 9.81. The predicted octanol–water partition coefficient (Wildman–Crippen LogP) is 4.87. The predicted molar refractivity (Wildman–Crippen MR) is 130 cm³/mol. The maximum atomic E-state index is 13.1. The van der Waals surface area contributed by atoms with Gasteiger partial charge in [-0.05, 0) is 58.6 Å². The van der Waals surface area contributed by atoms with Crippen LogP contribution in [0.1, 0.15) is 94.9 Å². The Morgan fingerprint density at radius 2 is 1.74 bits per heavy atom. The number of esters is 1. The molecule has 7 nitrogen and oxygen atoms in total. The Kier molecular flexibility index (Phi) is 10.4. The van der Waals surface area contributed by atoms with Crippen molar-refractivity contribution in [3.05, 3.63) is 28.8 Å². The number of hydrogen-bond donors (Lipinski definition) is 3. The molecule has 0 radical (unpaired) electrons. The molecule has 0 bridgehead atoms. The van der Waals surface area contributed by atoms with E-state index in [4.69, 9.17) is 14.6 Å². The SMILES string of the molecule is CCC(C)(C)C(=O)O[C@@H](c1cc(C)cc(C)c1OCC(O)C[C@@H](O)CC(=O)O)C1CCCCC1. The maximum Gasteiger partial charge on any atom is 0.312 e. The van der Waals surface area contributed by atoms with Crippen LogP contribution in [0.15, 0.2) is 12.1 Å². The third kappa shape index (κ3) is 7.98. The van der Waals surface area contributed by atoms with E-state index in [1.807, 2.05) is 46.8 Å². The van der Waals surface area contributed by atoms with Gasteiger partial charge in [0.25, 0.3) is 0 Å². The average molecular weight is 479 g/mol. The molecule has 3 atom stereocenters. The Bertz CT molecular complexity index is 827. The van der Waals surface area contributed by atoms with Gasteiger partial charge in [-0.25, -0.2) is 0 Å². The number of aryl methyl sites for hydroxylation is 2. The first-order chi connectivity index (χ1) is 15.9. The van der Waals surface area contributed by atoms with E-state index in [0.717, 1.165) is 42.4 Å². The lowest BCUT2D eigenvalue weighted by Crippen LogP contribution is -2.31.